The van der Waals surface area contributed by atoms with Crippen LogP contribution < -0.4 is 10.1 Å². The Morgan fingerprint density at radius 2 is 2.18 bits per heavy atom. The first-order valence-corrected chi connectivity index (χ1v) is 7.45. The van der Waals surface area contributed by atoms with Gasteiger partial charge in [0.15, 0.2) is 0 Å². The number of aliphatic hydroxyl groups excluding tert-OH is 1. The first-order valence-electron chi connectivity index (χ1n) is 6.51. The van der Waals surface area contributed by atoms with E-state index in [9.17, 15) is 18.7 Å². The van der Waals surface area contributed by atoms with Gasteiger partial charge in [-0.2, -0.15) is 20.1 Å². The first kappa shape index (κ1) is 16.4. The van der Waals surface area contributed by atoms with Gasteiger partial charge in [-0.25, -0.2) is 0 Å². The molecule has 0 radical (unpaired) electrons. The van der Waals surface area contributed by atoms with Gasteiger partial charge in [0.2, 0.25) is 0 Å². The zero-order chi connectivity index (χ0) is 16.1. The molecule has 1 aromatic carbocycles. The number of halogens is 2. The SMILES string of the molecule is Cc1cscc1C(=O)NCC(O)c1cccc(OC(F)F)c1. The van der Waals surface area contributed by atoms with E-state index in [0.29, 0.717) is 11.1 Å². The van der Waals surface area contributed by atoms with Crippen LogP contribution in [0.3, 0.4) is 0 Å². The zero-order valence-corrected chi connectivity index (χ0v) is 12.6. The van der Waals surface area contributed by atoms with Crippen LogP contribution in [0.2, 0.25) is 0 Å². The van der Waals surface area contributed by atoms with Crippen molar-refractivity contribution in [2.24, 2.45) is 0 Å². The van der Waals surface area contributed by atoms with Crippen molar-refractivity contribution in [3.05, 3.63) is 51.7 Å². The molecule has 0 aliphatic heterocycles. The van der Waals surface area contributed by atoms with Gasteiger partial charge in [-0.05, 0) is 35.6 Å². The summed E-state index contributed by atoms with van der Waals surface area (Å²) in [6.07, 6.45) is -1.01. The summed E-state index contributed by atoms with van der Waals surface area (Å²) >= 11 is 1.42. The van der Waals surface area contributed by atoms with Crippen molar-refractivity contribution in [3.8, 4) is 5.75 Å². The summed E-state index contributed by atoms with van der Waals surface area (Å²) in [5, 5.41) is 16.2. The number of alkyl halides is 2. The Balaban J connectivity index is 1.96. The highest BCUT2D eigenvalue weighted by molar-refractivity contribution is 7.08. The lowest BCUT2D eigenvalue weighted by atomic mass is 10.1. The quantitative estimate of drug-likeness (QED) is 0.857. The molecule has 0 bridgehead atoms. The molecule has 22 heavy (non-hydrogen) atoms. The van der Waals surface area contributed by atoms with Crippen LogP contribution in [0, 0.1) is 6.92 Å². The van der Waals surface area contributed by atoms with E-state index in [0.717, 1.165) is 5.56 Å². The number of aryl methyl sites for hydroxylation is 1. The van der Waals surface area contributed by atoms with Crippen molar-refractivity contribution in [3.63, 3.8) is 0 Å². The Labute approximate surface area is 130 Å². The fourth-order valence-corrected chi connectivity index (χ4v) is 2.72. The first-order chi connectivity index (χ1) is 10.5. The topological polar surface area (TPSA) is 58.6 Å². The molecule has 0 spiro atoms. The third-order valence-electron chi connectivity index (χ3n) is 3.02. The number of thiophene rings is 1. The van der Waals surface area contributed by atoms with Crippen molar-refractivity contribution in [1.29, 1.82) is 0 Å². The van der Waals surface area contributed by atoms with Gasteiger partial charge in [-0.3, -0.25) is 4.79 Å². The lowest BCUT2D eigenvalue weighted by Gasteiger charge is -2.13. The Morgan fingerprint density at radius 1 is 1.41 bits per heavy atom. The molecule has 0 aliphatic rings. The molecule has 2 rings (SSSR count). The van der Waals surface area contributed by atoms with Crippen LogP contribution >= 0.6 is 11.3 Å². The van der Waals surface area contributed by atoms with Crippen molar-refractivity contribution in [1.82, 2.24) is 5.32 Å². The Hall–Kier alpha value is -1.99. The lowest BCUT2D eigenvalue weighted by Crippen LogP contribution is -2.28. The van der Waals surface area contributed by atoms with Gasteiger partial charge in [0.1, 0.15) is 5.75 Å². The minimum atomic E-state index is -2.92. The average Bonchev–Trinajstić information content (AvgIpc) is 2.90. The predicted molar refractivity (Wildman–Crippen MR) is 79.4 cm³/mol. The molecule has 2 N–H and O–H groups in total. The number of ether oxygens (including phenoxy) is 1. The second kappa shape index (κ2) is 7.33. The second-order valence-electron chi connectivity index (χ2n) is 4.65. The van der Waals surface area contributed by atoms with Crippen molar-refractivity contribution in [2.45, 2.75) is 19.6 Å². The van der Waals surface area contributed by atoms with Crippen LogP contribution in [0.5, 0.6) is 5.75 Å². The van der Waals surface area contributed by atoms with E-state index in [-0.39, 0.29) is 18.2 Å². The average molecular weight is 327 g/mol. The maximum atomic E-state index is 12.2. The Bertz CT molecular complexity index is 645. The van der Waals surface area contributed by atoms with E-state index in [2.05, 4.69) is 10.1 Å². The lowest BCUT2D eigenvalue weighted by molar-refractivity contribution is -0.0499. The molecule has 1 amide bonds. The van der Waals surface area contributed by atoms with E-state index in [1.165, 1.54) is 29.5 Å². The van der Waals surface area contributed by atoms with E-state index in [1.54, 1.807) is 11.4 Å². The third kappa shape index (κ3) is 4.25. The fourth-order valence-electron chi connectivity index (χ4n) is 1.89. The minimum Gasteiger partial charge on any atom is -0.435 e. The van der Waals surface area contributed by atoms with Gasteiger partial charge in [-0.15, -0.1) is 0 Å². The summed E-state index contributed by atoms with van der Waals surface area (Å²) in [6.45, 7) is -1.12. The van der Waals surface area contributed by atoms with Crippen molar-refractivity contribution < 1.29 is 23.4 Å². The molecule has 7 heteroatoms. The second-order valence-corrected chi connectivity index (χ2v) is 5.39. The van der Waals surface area contributed by atoms with Crippen LogP contribution in [-0.4, -0.2) is 24.2 Å². The van der Waals surface area contributed by atoms with Gasteiger partial charge >= 0.3 is 6.61 Å². The molecule has 0 aliphatic carbocycles. The van der Waals surface area contributed by atoms with Crippen LogP contribution in [0.15, 0.2) is 35.0 Å². The highest BCUT2D eigenvalue weighted by Gasteiger charge is 2.14. The number of amides is 1. The fraction of sp³-hybridized carbons (Fsp3) is 0.267. The smallest absolute Gasteiger partial charge is 0.387 e. The molecule has 0 fully saturated rings. The van der Waals surface area contributed by atoms with Crippen LogP contribution in [0.1, 0.15) is 27.6 Å². The normalized spacial score (nSPS) is 12.2. The Morgan fingerprint density at radius 3 is 2.82 bits per heavy atom. The minimum absolute atomic E-state index is 0.0216. The molecule has 0 saturated heterocycles. The molecule has 1 atom stereocenters. The van der Waals surface area contributed by atoms with Gasteiger partial charge < -0.3 is 15.2 Å². The summed E-state index contributed by atoms with van der Waals surface area (Å²) in [5.41, 5.74) is 1.82. The molecule has 2 aromatic rings. The van der Waals surface area contributed by atoms with Crippen LogP contribution in [-0.2, 0) is 0 Å². The molecular formula is C15H15F2NO3S. The number of carbonyl (C=O) groups is 1. The monoisotopic (exact) mass is 327 g/mol. The summed E-state index contributed by atoms with van der Waals surface area (Å²) in [4.78, 5) is 11.9. The largest absolute Gasteiger partial charge is 0.435 e. The molecule has 0 saturated carbocycles. The van der Waals surface area contributed by atoms with Gasteiger partial charge in [0.25, 0.3) is 5.91 Å². The number of nitrogens with one attached hydrogen (secondary N) is 1. The number of aliphatic hydroxyl groups is 1. The summed E-state index contributed by atoms with van der Waals surface area (Å²) < 4.78 is 28.6. The maximum Gasteiger partial charge on any atom is 0.387 e. The maximum absolute atomic E-state index is 12.2. The van der Waals surface area contributed by atoms with E-state index >= 15 is 0 Å². The van der Waals surface area contributed by atoms with E-state index in [4.69, 9.17) is 0 Å². The van der Waals surface area contributed by atoms with Crippen molar-refractivity contribution >= 4 is 17.2 Å². The molecule has 118 valence electrons. The van der Waals surface area contributed by atoms with Crippen LogP contribution in [0.4, 0.5) is 8.78 Å². The molecular weight excluding hydrogens is 312 g/mol. The van der Waals surface area contributed by atoms with Gasteiger partial charge in [0, 0.05) is 11.9 Å². The molecule has 1 heterocycles. The zero-order valence-electron chi connectivity index (χ0n) is 11.8. The number of carbonyl (C=O) groups excluding carboxylic acids is 1. The molecule has 1 unspecified atom stereocenters. The van der Waals surface area contributed by atoms with E-state index in [1.807, 2.05) is 12.3 Å². The highest BCUT2D eigenvalue weighted by atomic mass is 32.1. The number of hydrogen-bond acceptors (Lipinski definition) is 4. The standard InChI is InChI=1S/C15H15F2NO3S/c1-9-7-22-8-12(9)14(20)18-6-13(19)10-3-2-4-11(5-10)21-15(16)17/h2-5,7-8,13,15,19H,6H2,1H3,(H,18,20). The van der Waals surface area contributed by atoms with Crippen molar-refractivity contribution in [2.75, 3.05) is 6.54 Å². The van der Waals surface area contributed by atoms with Gasteiger partial charge in [-0.1, -0.05) is 12.1 Å². The number of benzene rings is 1. The third-order valence-corrected chi connectivity index (χ3v) is 3.89. The predicted octanol–water partition coefficient (Wildman–Crippen LogP) is 3.12. The molecule has 4 nitrogen and oxygen atoms in total. The highest BCUT2D eigenvalue weighted by Crippen LogP contribution is 2.21. The Kier molecular flexibility index (Phi) is 5.46. The number of hydrogen-bond donors (Lipinski definition) is 2. The summed E-state index contributed by atoms with van der Waals surface area (Å²) in [7, 11) is 0. The van der Waals surface area contributed by atoms with E-state index < -0.39 is 12.7 Å². The molecule has 1 aromatic heterocycles. The summed E-state index contributed by atoms with van der Waals surface area (Å²) in [6, 6.07) is 5.76. The summed E-state index contributed by atoms with van der Waals surface area (Å²) in [5.74, 6) is -0.315. The number of rotatable bonds is 6. The van der Waals surface area contributed by atoms with Crippen LogP contribution in [0.25, 0.3) is 0 Å². The van der Waals surface area contributed by atoms with Gasteiger partial charge in [0.05, 0.1) is 11.7 Å².